The second kappa shape index (κ2) is 13.2. The number of methoxy groups -OCH3 is 1. The zero-order chi connectivity index (χ0) is 29.2. The largest absolute Gasteiger partial charge is 0.494 e. The molecule has 10 nitrogen and oxygen atoms in total. The van der Waals surface area contributed by atoms with E-state index in [-0.39, 0.29) is 41.9 Å². The molecule has 226 valence electrons. The Kier molecular flexibility index (Phi) is 9.34. The molecule has 2 fully saturated rings. The summed E-state index contributed by atoms with van der Waals surface area (Å²) in [6.45, 7) is 2.74. The Morgan fingerprint density at radius 2 is 1.93 bits per heavy atom. The van der Waals surface area contributed by atoms with Gasteiger partial charge in [0.25, 0.3) is 5.91 Å². The van der Waals surface area contributed by atoms with Crippen LogP contribution in [0.1, 0.15) is 29.6 Å². The van der Waals surface area contributed by atoms with E-state index in [0.717, 1.165) is 19.5 Å². The maximum Gasteiger partial charge on any atom is 0.255 e. The molecule has 0 spiro atoms. The Bertz CT molecular complexity index is 1640. The Morgan fingerprint density at radius 1 is 1.12 bits per heavy atom. The number of nitrogens with zero attached hydrogens (tertiary/aromatic N) is 4. The minimum absolute atomic E-state index is 0. The third-order valence-electron chi connectivity index (χ3n) is 7.90. The molecule has 1 atom stereocenters. The second-order valence-electron chi connectivity index (χ2n) is 10.5. The SMILES string of the molecule is COc1ccc(-c2cnc3c(Nc4ccc(C(=O)N5CCC(C(=O)N[C@@H]6CCNC6)CC5)c(Cl)c4)nccn23)cc1F.Cl. The molecule has 0 radical (unpaired) electrons. The van der Waals surface area contributed by atoms with Gasteiger partial charge in [-0.05, 0) is 62.2 Å². The summed E-state index contributed by atoms with van der Waals surface area (Å²) in [4.78, 5) is 36.6. The summed E-state index contributed by atoms with van der Waals surface area (Å²) < 4.78 is 21.2. The summed E-state index contributed by atoms with van der Waals surface area (Å²) in [5, 5.41) is 9.92. The highest BCUT2D eigenvalue weighted by Gasteiger charge is 2.30. The molecular weight excluding hydrogens is 596 g/mol. The molecule has 0 unspecified atom stereocenters. The number of piperidine rings is 1. The van der Waals surface area contributed by atoms with Crippen molar-refractivity contribution in [1.82, 2.24) is 29.9 Å². The highest BCUT2D eigenvalue weighted by atomic mass is 35.5. The van der Waals surface area contributed by atoms with Crippen molar-refractivity contribution in [3.8, 4) is 17.0 Å². The van der Waals surface area contributed by atoms with Crippen molar-refractivity contribution in [2.45, 2.75) is 25.3 Å². The van der Waals surface area contributed by atoms with Crippen LogP contribution in [0.15, 0.2) is 55.0 Å². The Hall–Kier alpha value is -3.93. The normalized spacial score (nSPS) is 17.0. The molecule has 13 heteroatoms. The number of halogens is 3. The molecule has 43 heavy (non-hydrogen) atoms. The van der Waals surface area contributed by atoms with E-state index in [0.29, 0.717) is 64.9 Å². The maximum atomic E-state index is 14.3. The minimum Gasteiger partial charge on any atom is -0.494 e. The van der Waals surface area contributed by atoms with Crippen molar-refractivity contribution in [2.24, 2.45) is 5.92 Å². The van der Waals surface area contributed by atoms with E-state index in [9.17, 15) is 14.0 Å². The first kappa shape index (κ1) is 30.5. The first-order valence-corrected chi connectivity index (χ1v) is 14.3. The van der Waals surface area contributed by atoms with Crippen LogP contribution in [0.4, 0.5) is 15.9 Å². The molecule has 2 amide bonds. The van der Waals surface area contributed by atoms with Crippen molar-refractivity contribution >= 4 is 53.0 Å². The number of nitrogens with one attached hydrogen (secondary N) is 3. The average Bonchev–Trinajstić information content (AvgIpc) is 3.68. The number of anilines is 2. The molecule has 2 aromatic heterocycles. The molecule has 0 saturated carbocycles. The summed E-state index contributed by atoms with van der Waals surface area (Å²) in [5.74, 6) is 0.0118. The van der Waals surface area contributed by atoms with Gasteiger partial charge in [0, 0.05) is 55.2 Å². The van der Waals surface area contributed by atoms with Gasteiger partial charge in [0.2, 0.25) is 5.91 Å². The van der Waals surface area contributed by atoms with Gasteiger partial charge in [-0.15, -0.1) is 12.4 Å². The van der Waals surface area contributed by atoms with Crippen LogP contribution in [0.2, 0.25) is 5.02 Å². The number of imidazole rings is 1. The third-order valence-corrected chi connectivity index (χ3v) is 8.21. The third kappa shape index (κ3) is 6.39. The number of amides is 2. The number of carbonyl (C=O) groups excluding carboxylic acids is 2. The van der Waals surface area contributed by atoms with Gasteiger partial charge in [-0.25, -0.2) is 14.4 Å². The van der Waals surface area contributed by atoms with Gasteiger partial charge in [-0.2, -0.15) is 0 Å². The van der Waals surface area contributed by atoms with Gasteiger partial charge in [0.05, 0.1) is 29.6 Å². The van der Waals surface area contributed by atoms with E-state index in [1.54, 1.807) is 53.8 Å². The summed E-state index contributed by atoms with van der Waals surface area (Å²) in [5.41, 5.74) is 2.90. The fourth-order valence-electron chi connectivity index (χ4n) is 5.56. The van der Waals surface area contributed by atoms with Crippen LogP contribution < -0.4 is 20.7 Å². The minimum atomic E-state index is -0.464. The maximum absolute atomic E-state index is 14.3. The van der Waals surface area contributed by atoms with E-state index in [4.69, 9.17) is 16.3 Å². The molecule has 2 aliphatic heterocycles. The van der Waals surface area contributed by atoms with Crippen molar-refractivity contribution in [3.63, 3.8) is 0 Å². The number of ether oxygens (including phenoxy) is 1. The summed E-state index contributed by atoms with van der Waals surface area (Å²) >= 11 is 6.58. The smallest absolute Gasteiger partial charge is 0.255 e. The fraction of sp³-hybridized carbons (Fsp3) is 0.333. The van der Waals surface area contributed by atoms with E-state index in [1.807, 2.05) is 4.40 Å². The van der Waals surface area contributed by atoms with E-state index in [2.05, 4.69) is 25.9 Å². The Morgan fingerprint density at radius 3 is 2.63 bits per heavy atom. The summed E-state index contributed by atoms with van der Waals surface area (Å²) in [7, 11) is 1.42. The van der Waals surface area contributed by atoms with Gasteiger partial charge in [-0.3, -0.25) is 14.0 Å². The van der Waals surface area contributed by atoms with E-state index >= 15 is 0 Å². The number of hydrogen-bond acceptors (Lipinski definition) is 7. The molecule has 3 N–H and O–H groups in total. The number of likely N-dealkylation sites (tertiary alicyclic amines) is 1. The van der Waals surface area contributed by atoms with E-state index in [1.165, 1.54) is 13.2 Å². The predicted molar refractivity (Wildman–Crippen MR) is 165 cm³/mol. The molecule has 4 aromatic rings. The number of fused-ring (bicyclic) bond motifs is 1. The number of benzene rings is 2. The lowest BCUT2D eigenvalue weighted by molar-refractivity contribution is -0.126. The van der Waals surface area contributed by atoms with Gasteiger partial charge in [-0.1, -0.05) is 11.6 Å². The molecule has 4 heterocycles. The first-order valence-electron chi connectivity index (χ1n) is 13.9. The van der Waals surface area contributed by atoms with Gasteiger partial charge < -0.3 is 25.6 Å². The quantitative estimate of drug-likeness (QED) is 0.272. The van der Waals surface area contributed by atoms with Crippen molar-refractivity contribution in [2.75, 3.05) is 38.6 Å². The summed E-state index contributed by atoms with van der Waals surface area (Å²) in [6, 6.07) is 10.1. The number of rotatable bonds is 7. The number of carbonyl (C=O) groups is 2. The van der Waals surface area contributed by atoms with E-state index < -0.39 is 5.82 Å². The van der Waals surface area contributed by atoms with Gasteiger partial charge in [0.1, 0.15) is 0 Å². The van der Waals surface area contributed by atoms with Crippen LogP contribution in [0.25, 0.3) is 16.9 Å². The highest BCUT2D eigenvalue weighted by Crippen LogP contribution is 2.30. The van der Waals surface area contributed by atoms with Gasteiger partial charge >= 0.3 is 0 Å². The number of aromatic nitrogens is 3. The lowest BCUT2D eigenvalue weighted by atomic mass is 9.95. The average molecular weight is 629 g/mol. The monoisotopic (exact) mass is 627 g/mol. The second-order valence-corrected chi connectivity index (χ2v) is 11.0. The lowest BCUT2D eigenvalue weighted by Crippen LogP contribution is -2.45. The lowest BCUT2D eigenvalue weighted by Gasteiger charge is -2.32. The highest BCUT2D eigenvalue weighted by molar-refractivity contribution is 6.34. The molecular formula is C30H32Cl2FN7O3. The topological polar surface area (TPSA) is 113 Å². The van der Waals surface area contributed by atoms with Crippen LogP contribution in [0, 0.1) is 11.7 Å². The van der Waals surface area contributed by atoms with Crippen LogP contribution >= 0.6 is 24.0 Å². The Balaban J connectivity index is 0.00000368. The van der Waals surface area contributed by atoms with Crippen LogP contribution in [-0.4, -0.2) is 70.4 Å². The number of hydrogen-bond donors (Lipinski definition) is 3. The van der Waals surface area contributed by atoms with Crippen molar-refractivity contribution in [1.29, 1.82) is 0 Å². The molecule has 2 saturated heterocycles. The molecule has 2 aromatic carbocycles. The van der Waals surface area contributed by atoms with Crippen LogP contribution in [0.3, 0.4) is 0 Å². The van der Waals surface area contributed by atoms with Crippen LogP contribution in [-0.2, 0) is 4.79 Å². The summed E-state index contributed by atoms with van der Waals surface area (Å²) in [6.07, 6.45) is 7.22. The predicted octanol–water partition coefficient (Wildman–Crippen LogP) is 4.69. The zero-order valence-corrected chi connectivity index (χ0v) is 25.1. The van der Waals surface area contributed by atoms with Gasteiger partial charge in [0.15, 0.2) is 23.0 Å². The zero-order valence-electron chi connectivity index (χ0n) is 23.5. The van der Waals surface area contributed by atoms with Crippen LogP contribution in [0.5, 0.6) is 5.75 Å². The standard InChI is InChI=1S/C30H31ClFN7O3.ClH/c1-42-26-5-2-19(14-24(26)32)25-17-35-28-27(34-10-13-39(25)28)36-20-3-4-22(23(31)15-20)30(41)38-11-7-18(8-12-38)29(40)37-21-6-9-33-16-21;/h2-5,10,13-15,17-18,21,33H,6-9,11-12,16H2,1H3,(H,34,36)(H,37,40);1H/t21-;/m1./s1. The molecule has 2 aliphatic rings. The van der Waals surface area contributed by atoms with Crippen molar-refractivity contribution < 1.29 is 18.7 Å². The first-order chi connectivity index (χ1) is 20.4. The fourth-order valence-corrected chi connectivity index (χ4v) is 5.82. The Labute approximate surface area is 259 Å². The van der Waals surface area contributed by atoms with Crippen molar-refractivity contribution in [3.05, 3.63) is 71.4 Å². The molecule has 0 aliphatic carbocycles. The molecule has 0 bridgehead atoms. The molecule has 6 rings (SSSR count).